The van der Waals surface area contributed by atoms with Gasteiger partial charge in [0.15, 0.2) is 0 Å². The zero-order valence-corrected chi connectivity index (χ0v) is 12.4. The molecule has 0 radical (unpaired) electrons. The molecule has 108 valence electrons. The van der Waals surface area contributed by atoms with Gasteiger partial charge in [0, 0.05) is 18.7 Å². The van der Waals surface area contributed by atoms with Gasteiger partial charge in [0.1, 0.15) is 6.04 Å². The van der Waals surface area contributed by atoms with Crippen LogP contribution in [0.2, 0.25) is 0 Å². The third kappa shape index (κ3) is 2.81. The van der Waals surface area contributed by atoms with E-state index in [9.17, 15) is 9.59 Å². The first-order valence-corrected chi connectivity index (χ1v) is 6.95. The van der Waals surface area contributed by atoms with E-state index >= 15 is 0 Å². The predicted octanol–water partition coefficient (Wildman–Crippen LogP) is 1.58. The first-order chi connectivity index (χ1) is 9.40. The molecule has 0 bridgehead atoms. The summed E-state index contributed by atoms with van der Waals surface area (Å²) in [5, 5.41) is 2.81. The lowest BCUT2D eigenvalue weighted by Crippen LogP contribution is -2.48. The fraction of sp³-hybridized carbons (Fsp3) is 0.533. The largest absolute Gasteiger partial charge is 0.344 e. The molecule has 1 unspecified atom stereocenters. The highest BCUT2D eigenvalue weighted by Crippen LogP contribution is 2.22. The predicted molar refractivity (Wildman–Crippen MR) is 77.4 cm³/mol. The number of aryl methyl sites for hydroxylation is 2. The van der Waals surface area contributed by atoms with Crippen LogP contribution in [0.1, 0.15) is 31.7 Å². The smallest absolute Gasteiger partial charge is 0.249 e. The van der Waals surface area contributed by atoms with Crippen LogP contribution in [0.25, 0.3) is 0 Å². The molecule has 5 nitrogen and oxygen atoms in total. The maximum Gasteiger partial charge on any atom is 0.249 e. The molecule has 5 heteroatoms. The van der Waals surface area contributed by atoms with Crippen LogP contribution < -0.4 is 10.2 Å². The van der Waals surface area contributed by atoms with Crippen molar-refractivity contribution >= 4 is 17.5 Å². The first-order valence-electron chi connectivity index (χ1n) is 6.95. The monoisotopic (exact) mass is 275 g/mol. The van der Waals surface area contributed by atoms with E-state index in [4.69, 9.17) is 0 Å². The highest BCUT2D eigenvalue weighted by molar-refractivity contribution is 6.01. The lowest BCUT2D eigenvalue weighted by molar-refractivity contribution is -0.126. The molecule has 2 heterocycles. The molecule has 2 rings (SSSR count). The Balaban J connectivity index is 2.38. The van der Waals surface area contributed by atoms with Crippen LogP contribution in [-0.4, -0.2) is 29.4 Å². The van der Waals surface area contributed by atoms with Gasteiger partial charge in [0.2, 0.25) is 11.8 Å². The summed E-state index contributed by atoms with van der Waals surface area (Å²) in [6.45, 7) is 8.09. The van der Waals surface area contributed by atoms with Crippen molar-refractivity contribution < 1.29 is 9.59 Å². The molecule has 1 atom stereocenters. The number of aromatic nitrogens is 1. The van der Waals surface area contributed by atoms with E-state index in [0.29, 0.717) is 13.0 Å². The summed E-state index contributed by atoms with van der Waals surface area (Å²) in [6, 6.07) is 3.33. The summed E-state index contributed by atoms with van der Waals surface area (Å²) in [6.07, 6.45) is 0.322. The molecular weight excluding hydrogens is 254 g/mol. The maximum atomic E-state index is 12.7. The fourth-order valence-electron chi connectivity index (χ4n) is 2.45. The molecular formula is C15H21N3O2. The zero-order valence-electron chi connectivity index (χ0n) is 12.4. The molecule has 0 aliphatic carbocycles. The Morgan fingerprint density at radius 1 is 1.30 bits per heavy atom. The second-order valence-electron chi connectivity index (χ2n) is 5.59. The Hall–Kier alpha value is -1.91. The summed E-state index contributed by atoms with van der Waals surface area (Å²) < 4.78 is 0. The number of hydrogen-bond donors (Lipinski definition) is 1. The number of amides is 2. The normalized spacial score (nSPS) is 20.1. The molecule has 0 spiro atoms. The van der Waals surface area contributed by atoms with Crippen molar-refractivity contribution in [3.05, 3.63) is 23.5 Å². The minimum absolute atomic E-state index is 0.0559. The second kappa shape index (κ2) is 5.61. The number of carbonyl (C=O) groups excluding carboxylic acids is 2. The molecule has 2 amide bonds. The molecule has 1 saturated heterocycles. The minimum Gasteiger partial charge on any atom is -0.344 e. The number of nitrogens with zero attached hydrogens (tertiary/aromatic N) is 2. The highest BCUT2D eigenvalue weighted by atomic mass is 16.2. The maximum absolute atomic E-state index is 12.7. The van der Waals surface area contributed by atoms with Crippen LogP contribution in [0.5, 0.6) is 0 Å². The van der Waals surface area contributed by atoms with Crippen LogP contribution >= 0.6 is 0 Å². The van der Waals surface area contributed by atoms with Crippen LogP contribution in [-0.2, 0) is 9.59 Å². The summed E-state index contributed by atoms with van der Waals surface area (Å²) >= 11 is 0. The molecule has 20 heavy (non-hydrogen) atoms. The van der Waals surface area contributed by atoms with Crippen molar-refractivity contribution in [2.45, 2.75) is 40.2 Å². The number of anilines is 1. The second-order valence-corrected chi connectivity index (χ2v) is 5.59. The van der Waals surface area contributed by atoms with Crippen molar-refractivity contribution in [1.29, 1.82) is 0 Å². The lowest BCUT2D eigenvalue weighted by atomic mass is 10.0. The minimum atomic E-state index is -0.467. The van der Waals surface area contributed by atoms with Crippen LogP contribution in [0.4, 0.5) is 5.69 Å². The standard InChI is InChI=1S/C15H21N3O2/c1-9(2)14-15(20)18(8-7-13(19)17-14)12-6-5-10(3)16-11(12)4/h5-6,9,14H,7-8H2,1-4H3,(H,17,19). The Bertz CT molecular complexity index is 540. The summed E-state index contributed by atoms with van der Waals surface area (Å²) in [5.74, 6) is -0.0670. The first kappa shape index (κ1) is 14.5. The Labute approximate surface area is 119 Å². The van der Waals surface area contributed by atoms with Crippen LogP contribution in [0.15, 0.2) is 12.1 Å². The van der Waals surface area contributed by atoms with Gasteiger partial charge in [-0.15, -0.1) is 0 Å². The summed E-state index contributed by atoms with van der Waals surface area (Å²) in [4.78, 5) is 30.5. The van der Waals surface area contributed by atoms with Crippen LogP contribution in [0.3, 0.4) is 0 Å². The SMILES string of the molecule is Cc1ccc(N2CCC(=O)NC(C(C)C)C2=O)c(C)n1. The van der Waals surface area contributed by atoms with Gasteiger partial charge in [-0.1, -0.05) is 13.8 Å². The quantitative estimate of drug-likeness (QED) is 0.891. The molecule has 1 aliphatic heterocycles. The molecule has 1 N–H and O–H groups in total. The van der Waals surface area contributed by atoms with E-state index in [1.807, 2.05) is 39.8 Å². The van der Waals surface area contributed by atoms with E-state index < -0.39 is 6.04 Å². The molecule has 1 aromatic heterocycles. The Morgan fingerprint density at radius 3 is 2.60 bits per heavy atom. The van der Waals surface area contributed by atoms with Gasteiger partial charge in [0.05, 0.1) is 11.4 Å². The van der Waals surface area contributed by atoms with Crippen molar-refractivity contribution in [2.75, 3.05) is 11.4 Å². The molecule has 0 aromatic carbocycles. The molecule has 0 saturated carbocycles. The number of hydrogen-bond acceptors (Lipinski definition) is 3. The number of nitrogens with one attached hydrogen (secondary N) is 1. The number of rotatable bonds is 2. The van der Waals surface area contributed by atoms with Crippen molar-refractivity contribution in [3.8, 4) is 0 Å². The van der Waals surface area contributed by atoms with Gasteiger partial charge in [0.25, 0.3) is 0 Å². The highest BCUT2D eigenvalue weighted by Gasteiger charge is 2.33. The van der Waals surface area contributed by atoms with Gasteiger partial charge >= 0.3 is 0 Å². The summed E-state index contributed by atoms with van der Waals surface area (Å²) in [5.41, 5.74) is 2.53. The third-order valence-corrected chi connectivity index (χ3v) is 3.57. The number of pyridine rings is 1. The Morgan fingerprint density at radius 2 is 2.00 bits per heavy atom. The van der Waals surface area contributed by atoms with E-state index in [-0.39, 0.29) is 17.7 Å². The van der Waals surface area contributed by atoms with E-state index in [1.54, 1.807) is 4.90 Å². The average Bonchev–Trinajstić information content (AvgIpc) is 2.50. The van der Waals surface area contributed by atoms with E-state index in [1.165, 1.54) is 0 Å². The molecule has 1 aromatic rings. The van der Waals surface area contributed by atoms with Gasteiger partial charge < -0.3 is 10.2 Å². The third-order valence-electron chi connectivity index (χ3n) is 3.57. The molecule has 1 aliphatic rings. The van der Waals surface area contributed by atoms with Crippen molar-refractivity contribution in [2.24, 2.45) is 5.92 Å². The topological polar surface area (TPSA) is 62.3 Å². The Kier molecular flexibility index (Phi) is 4.06. The zero-order chi connectivity index (χ0) is 14.9. The van der Waals surface area contributed by atoms with Gasteiger partial charge in [-0.2, -0.15) is 0 Å². The van der Waals surface area contributed by atoms with Crippen molar-refractivity contribution in [3.63, 3.8) is 0 Å². The van der Waals surface area contributed by atoms with E-state index in [0.717, 1.165) is 17.1 Å². The summed E-state index contributed by atoms with van der Waals surface area (Å²) in [7, 11) is 0. The van der Waals surface area contributed by atoms with Gasteiger partial charge in [-0.25, -0.2) is 0 Å². The van der Waals surface area contributed by atoms with Crippen molar-refractivity contribution in [1.82, 2.24) is 10.3 Å². The average molecular weight is 275 g/mol. The van der Waals surface area contributed by atoms with Gasteiger partial charge in [-0.05, 0) is 31.9 Å². The lowest BCUT2D eigenvalue weighted by Gasteiger charge is -2.27. The molecule has 1 fully saturated rings. The van der Waals surface area contributed by atoms with E-state index in [2.05, 4.69) is 10.3 Å². The fourth-order valence-corrected chi connectivity index (χ4v) is 2.45. The van der Waals surface area contributed by atoms with Crippen LogP contribution in [0, 0.1) is 19.8 Å². The van der Waals surface area contributed by atoms with Gasteiger partial charge in [-0.3, -0.25) is 14.6 Å². The number of carbonyl (C=O) groups is 2.